The first-order valence-corrected chi connectivity index (χ1v) is 6.38. The molecule has 18 heavy (non-hydrogen) atoms. The molecule has 92 valence electrons. The number of nitrogens with one attached hydrogen (secondary N) is 2. The molecule has 4 nitrogen and oxygen atoms in total. The normalized spacial score (nSPS) is 16.8. The number of fused-ring (bicyclic) bond motifs is 3. The number of para-hydroxylation sites is 1. The van der Waals surface area contributed by atoms with Crippen LogP contribution in [0.1, 0.15) is 24.1 Å². The van der Waals surface area contributed by atoms with E-state index in [2.05, 4.69) is 33.7 Å². The van der Waals surface area contributed by atoms with E-state index in [1.54, 1.807) is 0 Å². The van der Waals surface area contributed by atoms with Gasteiger partial charge in [0.05, 0.1) is 11.4 Å². The van der Waals surface area contributed by atoms with E-state index in [0.717, 1.165) is 36.2 Å². The van der Waals surface area contributed by atoms with E-state index >= 15 is 0 Å². The van der Waals surface area contributed by atoms with Crippen molar-refractivity contribution in [2.45, 2.75) is 19.3 Å². The molecule has 0 fully saturated rings. The number of hydrazone groups is 1. The Balaban J connectivity index is 2.10. The van der Waals surface area contributed by atoms with Crippen LogP contribution in [0.2, 0.25) is 0 Å². The Morgan fingerprint density at radius 1 is 1.33 bits per heavy atom. The zero-order valence-corrected chi connectivity index (χ0v) is 10.7. The quantitative estimate of drug-likeness (QED) is 0.541. The van der Waals surface area contributed by atoms with Crippen LogP contribution in [0.5, 0.6) is 0 Å². The second-order valence-electron chi connectivity index (χ2n) is 4.41. The molecule has 0 aliphatic heterocycles. The summed E-state index contributed by atoms with van der Waals surface area (Å²) in [5.74, 6) is 0. The number of aromatic nitrogens is 1. The molecule has 1 aliphatic rings. The number of rotatable bonds is 1. The maximum absolute atomic E-state index is 5.41. The summed E-state index contributed by atoms with van der Waals surface area (Å²) < 4.78 is 0. The first-order chi connectivity index (χ1) is 8.75. The van der Waals surface area contributed by atoms with Gasteiger partial charge in [0.25, 0.3) is 0 Å². The third kappa shape index (κ3) is 1.86. The smallest absolute Gasteiger partial charge is 0.184 e. The van der Waals surface area contributed by atoms with E-state index in [-0.39, 0.29) is 5.11 Å². The monoisotopic (exact) mass is 258 g/mol. The van der Waals surface area contributed by atoms with Gasteiger partial charge in [-0.2, -0.15) is 5.10 Å². The summed E-state index contributed by atoms with van der Waals surface area (Å²) in [5, 5.41) is 5.78. The van der Waals surface area contributed by atoms with Crippen LogP contribution >= 0.6 is 12.2 Å². The summed E-state index contributed by atoms with van der Waals surface area (Å²) >= 11 is 4.78. The molecule has 2 aromatic rings. The highest BCUT2D eigenvalue weighted by Crippen LogP contribution is 2.29. The number of hydrogen-bond acceptors (Lipinski definition) is 2. The average Bonchev–Trinajstić information content (AvgIpc) is 2.75. The maximum Gasteiger partial charge on any atom is 0.184 e. The zero-order chi connectivity index (χ0) is 12.5. The van der Waals surface area contributed by atoms with Gasteiger partial charge in [0.1, 0.15) is 0 Å². The van der Waals surface area contributed by atoms with Gasteiger partial charge in [0.15, 0.2) is 5.11 Å². The number of nitrogens with two attached hydrogens (primary N) is 1. The van der Waals surface area contributed by atoms with E-state index in [1.165, 1.54) is 10.9 Å². The number of aryl methyl sites for hydroxylation is 1. The van der Waals surface area contributed by atoms with Gasteiger partial charge in [-0.1, -0.05) is 18.2 Å². The van der Waals surface area contributed by atoms with Crippen molar-refractivity contribution in [3.05, 3.63) is 35.5 Å². The summed E-state index contributed by atoms with van der Waals surface area (Å²) in [5.41, 5.74) is 12.7. The Morgan fingerprint density at radius 2 is 2.17 bits per heavy atom. The molecule has 0 bridgehead atoms. The Morgan fingerprint density at radius 3 is 3.00 bits per heavy atom. The lowest BCUT2D eigenvalue weighted by atomic mass is 9.94. The molecule has 0 saturated carbocycles. The molecule has 1 aromatic heterocycles. The Bertz CT molecular complexity index is 641. The van der Waals surface area contributed by atoms with Crippen molar-refractivity contribution in [3.63, 3.8) is 0 Å². The van der Waals surface area contributed by atoms with Crippen LogP contribution in [-0.4, -0.2) is 15.8 Å². The summed E-state index contributed by atoms with van der Waals surface area (Å²) in [4.78, 5) is 3.43. The van der Waals surface area contributed by atoms with Gasteiger partial charge in [0.2, 0.25) is 0 Å². The molecule has 4 N–H and O–H groups in total. The number of hydrogen-bond donors (Lipinski definition) is 3. The molecular formula is C13H14N4S. The van der Waals surface area contributed by atoms with Gasteiger partial charge in [-0.25, -0.2) is 0 Å². The molecule has 0 saturated heterocycles. The SMILES string of the molecule is NC(=S)NN=C1CCCc2c1[nH]c1ccccc21. The summed E-state index contributed by atoms with van der Waals surface area (Å²) in [6.07, 6.45) is 3.13. The van der Waals surface area contributed by atoms with Gasteiger partial charge in [-0.05, 0) is 43.1 Å². The molecule has 3 rings (SSSR count). The van der Waals surface area contributed by atoms with Crippen LogP contribution in [0.25, 0.3) is 10.9 Å². The highest BCUT2D eigenvalue weighted by molar-refractivity contribution is 7.80. The van der Waals surface area contributed by atoms with Crippen molar-refractivity contribution < 1.29 is 0 Å². The second kappa shape index (κ2) is 4.42. The number of benzene rings is 1. The average molecular weight is 258 g/mol. The Hall–Kier alpha value is -1.88. The predicted molar refractivity (Wildman–Crippen MR) is 77.7 cm³/mol. The number of aromatic amines is 1. The minimum Gasteiger partial charge on any atom is -0.375 e. The van der Waals surface area contributed by atoms with Gasteiger partial charge in [0, 0.05) is 10.9 Å². The maximum atomic E-state index is 5.41. The van der Waals surface area contributed by atoms with E-state index in [0.29, 0.717) is 0 Å². The topological polar surface area (TPSA) is 66.2 Å². The van der Waals surface area contributed by atoms with E-state index in [1.807, 2.05) is 6.07 Å². The molecule has 1 aliphatic carbocycles. The van der Waals surface area contributed by atoms with Crippen molar-refractivity contribution >= 4 is 33.9 Å². The zero-order valence-electron chi connectivity index (χ0n) is 9.86. The third-order valence-corrected chi connectivity index (χ3v) is 3.33. The van der Waals surface area contributed by atoms with E-state index in [4.69, 9.17) is 18.0 Å². The molecular weight excluding hydrogens is 244 g/mol. The number of thiocarbonyl (C=S) groups is 1. The van der Waals surface area contributed by atoms with Crippen molar-refractivity contribution in [3.8, 4) is 0 Å². The molecule has 0 amide bonds. The van der Waals surface area contributed by atoms with Crippen LogP contribution in [0.3, 0.4) is 0 Å². The Kier molecular flexibility index (Phi) is 2.76. The van der Waals surface area contributed by atoms with E-state index in [9.17, 15) is 0 Å². The molecule has 0 atom stereocenters. The van der Waals surface area contributed by atoms with E-state index < -0.39 is 0 Å². The molecule has 1 aromatic carbocycles. The minimum atomic E-state index is 0.200. The molecule has 0 radical (unpaired) electrons. The van der Waals surface area contributed by atoms with Crippen LogP contribution in [0.15, 0.2) is 29.4 Å². The summed E-state index contributed by atoms with van der Waals surface area (Å²) in [6.45, 7) is 0. The van der Waals surface area contributed by atoms with Crippen LogP contribution in [0.4, 0.5) is 0 Å². The largest absolute Gasteiger partial charge is 0.375 e. The lowest BCUT2D eigenvalue weighted by Crippen LogP contribution is -2.26. The van der Waals surface area contributed by atoms with Gasteiger partial charge in [-0.3, -0.25) is 5.43 Å². The van der Waals surface area contributed by atoms with Gasteiger partial charge < -0.3 is 10.7 Å². The molecule has 0 spiro atoms. The fourth-order valence-electron chi connectivity index (χ4n) is 2.50. The molecule has 1 heterocycles. The van der Waals surface area contributed by atoms with Crippen LogP contribution in [-0.2, 0) is 6.42 Å². The van der Waals surface area contributed by atoms with Crippen molar-refractivity contribution in [1.29, 1.82) is 0 Å². The molecule has 5 heteroatoms. The number of nitrogens with zero attached hydrogens (tertiary/aromatic N) is 1. The second-order valence-corrected chi connectivity index (χ2v) is 4.85. The lowest BCUT2D eigenvalue weighted by molar-refractivity contribution is 0.829. The summed E-state index contributed by atoms with van der Waals surface area (Å²) in [6, 6.07) is 8.34. The highest BCUT2D eigenvalue weighted by atomic mass is 32.1. The molecule has 0 unspecified atom stereocenters. The fraction of sp³-hybridized carbons (Fsp3) is 0.231. The van der Waals surface area contributed by atoms with Gasteiger partial charge >= 0.3 is 0 Å². The number of H-pyrrole nitrogens is 1. The van der Waals surface area contributed by atoms with Crippen molar-refractivity contribution in [1.82, 2.24) is 10.4 Å². The first-order valence-electron chi connectivity index (χ1n) is 5.97. The fourth-order valence-corrected chi connectivity index (χ4v) is 2.54. The Labute approximate surface area is 110 Å². The van der Waals surface area contributed by atoms with Gasteiger partial charge in [-0.15, -0.1) is 0 Å². The van der Waals surface area contributed by atoms with Crippen LogP contribution in [0, 0.1) is 0 Å². The predicted octanol–water partition coefficient (Wildman–Crippen LogP) is 2.04. The van der Waals surface area contributed by atoms with Crippen molar-refractivity contribution in [2.24, 2.45) is 10.8 Å². The van der Waals surface area contributed by atoms with Crippen molar-refractivity contribution in [2.75, 3.05) is 0 Å². The van der Waals surface area contributed by atoms with Crippen LogP contribution < -0.4 is 11.2 Å². The first kappa shape index (κ1) is 11.2. The lowest BCUT2D eigenvalue weighted by Gasteiger charge is -2.14. The minimum absolute atomic E-state index is 0.200. The highest BCUT2D eigenvalue weighted by Gasteiger charge is 2.20. The summed E-state index contributed by atoms with van der Waals surface area (Å²) in [7, 11) is 0. The standard InChI is InChI=1S/C13H14N4S/c14-13(18)17-16-11-7-3-5-9-8-4-1-2-6-10(8)15-12(9)11/h1-2,4,6,15H,3,5,7H2,(H3,14,17,18). The third-order valence-electron chi connectivity index (χ3n) is 3.24.